The van der Waals surface area contributed by atoms with Crippen LogP contribution in [0.5, 0.6) is 0 Å². The van der Waals surface area contributed by atoms with Crippen molar-refractivity contribution in [1.82, 2.24) is 0 Å². The molecule has 1 rings (SSSR count). The van der Waals surface area contributed by atoms with Crippen LogP contribution in [0.2, 0.25) is 0 Å². The molecule has 18 heavy (non-hydrogen) atoms. The third kappa shape index (κ3) is 4.70. The number of carbonyl (C=O) groups is 3. The zero-order valence-corrected chi connectivity index (χ0v) is 10.5. The Morgan fingerprint density at radius 2 is 1.67 bits per heavy atom. The van der Waals surface area contributed by atoms with E-state index in [1.54, 1.807) is 0 Å². The van der Waals surface area contributed by atoms with Crippen LogP contribution in [-0.2, 0) is 33.3 Å². The van der Waals surface area contributed by atoms with Gasteiger partial charge in [-0.2, -0.15) is 0 Å². The molecule has 0 aromatic rings. The lowest BCUT2D eigenvalue weighted by Crippen LogP contribution is -2.30. The fraction of sp³-hybridized carbons (Fsp3) is 0.727. The molecule has 1 saturated heterocycles. The number of hydrogen-bond acceptors (Lipinski definition) is 7. The monoisotopic (exact) mass is 260 g/mol. The third-order valence-corrected chi connectivity index (χ3v) is 2.20. The van der Waals surface area contributed by atoms with Crippen LogP contribution in [0.4, 0.5) is 0 Å². The summed E-state index contributed by atoms with van der Waals surface area (Å²) in [5.41, 5.74) is 0. The number of esters is 3. The highest BCUT2D eigenvalue weighted by atomic mass is 16.7. The van der Waals surface area contributed by atoms with Crippen LogP contribution >= 0.6 is 0 Å². The highest BCUT2D eigenvalue weighted by Crippen LogP contribution is 2.24. The van der Waals surface area contributed by atoms with Crippen molar-refractivity contribution in [2.24, 2.45) is 0 Å². The molecule has 0 spiro atoms. The fourth-order valence-corrected chi connectivity index (χ4v) is 1.60. The van der Waals surface area contributed by atoms with E-state index in [4.69, 9.17) is 18.9 Å². The highest BCUT2D eigenvalue weighted by Gasteiger charge is 2.40. The van der Waals surface area contributed by atoms with E-state index in [1.165, 1.54) is 20.8 Å². The van der Waals surface area contributed by atoms with Gasteiger partial charge in [0.05, 0.1) is 6.10 Å². The van der Waals surface area contributed by atoms with E-state index in [1.807, 2.05) is 0 Å². The summed E-state index contributed by atoms with van der Waals surface area (Å²) in [5.74, 6) is -1.46. The minimum Gasteiger partial charge on any atom is -0.463 e. The molecule has 7 nitrogen and oxygen atoms in total. The maximum absolute atomic E-state index is 10.9. The van der Waals surface area contributed by atoms with Crippen LogP contribution in [0.25, 0.3) is 0 Å². The van der Waals surface area contributed by atoms with Gasteiger partial charge in [-0.25, -0.2) is 0 Å². The van der Waals surface area contributed by atoms with Gasteiger partial charge in [0.15, 0.2) is 6.10 Å². The van der Waals surface area contributed by atoms with Crippen LogP contribution in [0, 0.1) is 0 Å². The molecule has 3 atom stereocenters. The molecule has 1 heterocycles. The van der Waals surface area contributed by atoms with Crippen molar-refractivity contribution in [1.29, 1.82) is 0 Å². The molecule has 0 bridgehead atoms. The largest absolute Gasteiger partial charge is 0.463 e. The van der Waals surface area contributed by atoms with Gasteiger partial charge in [-0.15, -0.1) is 0 Å². The summed E-state index contributed by atoms with van der Waals surface area (Å²) in [6.45, 7) is 3.80. The molecule has 0 aliphatic carbocycles. The molecule has 0 unspecified atom stereocenters. The second kappa shape index (κ2) is 6.34. The summed E-state index contributed by atoms with van der Waals surface area (Å²) >= 11 is 0. The SMILES string of the molecule is CC(=O)OC[C@@H]1C[C@@H](OC(C)=O)[C@H](OC(C)=O)O1. The normalized spacial score (nSPS) is 26.5. The number of ether oxygens (including phenoxy) is 4. The quantitative estimate of drug-likeness (QED) is 0.525. The smallest absolute Gasteiger partial charge is 0.305 e. The summed E-state index contributed by atoms with van der Waals surface area (Å²) in [7, 11) is 0. The summed E-state index contributed by atoms with van der Waals surface area (Å²) in [6, 6.07) is 0. The second-order valence-electron chi connectivity index (χ2n) is 3.92. The van der Waals surface area contributed by atoms with Crippen molar-refractivity contribution in [3.63, 3.8) is 0 Å². The predicted molar refractivity (Wildman–Crippen MR) is 57.2 cm³/mol. The molecule has 1 aliphatic rings. The van der Waals surface area contributed by atoms with Crippen LogP contribution < -0.4 is 0 Å². The minimum absolute atomic E-state index is 0.0326. The lowest BCUT2D eigenvalue weighted by atomic mass is 10.2. The van der Waals surface area contributed by atoms with Crippen molar-refractivity contribution >= 4 is 17.9 Å². The van der Waals surface area contributed by atoms with E-state index in [9.17, 15) is 14.4 Å². The molecule has 0 saturated carbocycles. The molecule has 102 valence electrons. The van der Waals surface area contributed by atoms with E-state index in [2.05, 4.69) is 0 Å². The zero-order chi connectivity index (χ0) is 13.7. The molecule has 0 aromatic heterocycles. The second-order valence-corrected chi connectivity index (χ2v) is 3.92. The number of carbonyl (C=O) groups excluding carboxylic acids is 3. The molecule has 0 N–H and O–H groups in total. The Bertz CT molecular complexity index is 314. The zero-order valence-electron chi connectivity index (χ0n) is 10.5. The van der Waals surface area contributed by atoms with Crippen molar-refractivity contribution in [2.75, 3.05) is 6.61 Å². The minimum atomic E-state index is -0.952. The Kier molecular flexibility index (Phi) is 5.08. The topological polar surface area (TPSA) is 88.1 Å². The summed E-state index contributed by atoms with van der Waals surface area (Å²) < 4.78 is 20.0. The Balaban J connectivity index is 2.54. The van der Waals surface area contributed by atoms with Crippen molar-refractivity contribution in [3.05, 3.63) is 0 Å². The first-order valence-electron chi connectivity index (χ1n) is 5.51. The molecule has 0 aromatic carbocycles. The van der Waals surface area contributed by atoms with Crippen molar-refractivity contribution in [3.8, 4) is 0 Å². The van der Waals surface area contributed by atoms with Gasteiger partial charge in [0.1, 0.15) is 6.61 Å². The first-order valence-corrected chi connectivity index (χ1v) is 5.51. The maximum Gasteiger partial charge on any atom is 0.305 e. The fourth-order valence-electron chi connectivity index (χ4n) is 1.60. The van der Waals surface area contributed by atoms with Crippen molar-refractivity contribution in [2.45, 2.75) is 45.7 Å². The van der Waals surface area contributed by atoms with Gasteiger partial charge in [0.25, 0.3) is 0 Å². The van der Waals surface area contributed by atoms with E-state index in [0.717, 1.165) is 0 Å². The average Bonchev–Trinajstić information content (AvgIpc) is 2.56. The Labute approximate surface area is 104 Å². The van der Waals surface area contributed by atoms with E-state index in [0.29, 0.717) is 6.42 Å². The van der Waals surface area contributed by atoms with Gasteiger partial charge >= 0.3 is 17.9 Å². The van der Waals surface area contributed by atoms with E-state index < -0.39 is 36.4 Å². The molecule has 1 aliphatic heterocycles. The third-order valence-electron chi connectivity index (χ3n) is 2.20. The van der Waals surface area contributed by atoms with Gasteiger partial charge < -0.3 is 18.9 Å². The van der Waals surface area contributed by atoms with Gasteiger partial charge in [-0.05, 0) is 0 Å². The summed E-state index contributed by atoms with van der Waals surface area (Å²) in [4.78, 5) is 32.4. The standard InChI is InChI=1S/C11H16O7/c1-6(12)15-5-9-4-10(16-7(2)13)11(18-9)17-8(3)14/h9-11H,4-5H2,1-3H3/t9-,10+,11+/m0/s1. The number of rotatable bonds is 4. The molecule has 0 radical (unpaired) electrons. The summed E-state index contributed by atoms with van der Waals surface area (Å²) in [6.07, 6.45) is -1.77. The van der Waals surface area contributed by atoms with Crippen LogP contribution in [0.15, 0.2) is 0 Å². The van der Waals surface area contributed by atoms with Gasteiger partial charge in [0, 0.05) is 27.2 Å². The van der Waals surface area contributed by atoms with Gasteiger partial charge in [-0.3, -0.25) is 14.4 Å². The first kappa shape index (κ1) is 14.4. The highest BCUT2D eigenvalue weighted by molar-refractivity contribution is 5.67. The van der Waals surface area contributed by atoms with Gasteiger partial charge in [-0.1, -0.05) is 0 Å². The number of hydrogen-bond donors (Lipinski definition) is 0. The molecular weight excluding hydrogens is 244 g/mol. The predicted octanol–water partition coefficient (Wildman–Crippen LogP) is 0.159. The molecule has 7 heteroatoms. The molecule has 1 fully saturated rings. The van der Waals surface area contributed by atoms with Crippen molar-refractivity contribution < 1.29 is 33.3 Å². The lowest BCUT2D eigenvalue weighted by molar-refractivity contribution is -0.196. The average molecular weight is 260 g/mol. The van der Waals surface area contributed by atoms with Gasteiger partial charge in [0.2, 0.25) is 6.29 Å². The lowest BCUT2D eigenvalue weighted by Gasteiger charge is -2.17. The maximum atomic E-state index is 10.9. The first-order chi connectivity index (χ1) is 8.38. The molecular formula is C11H16O7. The Hall–Kier alpha value is -1.63. The molecule has 0 amide bonds. The van der Waals surface area contributed by atoms with E-state index in [-0.39, 0.29) is 6.61 Å². The summed E-state index contributed by atoms with van der Waals surface area (Å²) in [5, 5.41) is 0. The Morgan fingerprint density at radius 3 is 2.17 bits per heavy atom. The van der Waals surface area contributed by atoms with Crippen LogP contribution in [-0.4, -0.2) is 43.0 Å². The van der Waals surface area contributed by atoms with E-state index >= 15 is 0 Å². The Morgan fingerprint density at radius 1 is 1.06 bits per heavy atom. The van der Waals surface area contributed by atoms with Crippen LogP contribution in [0.1, 0.15) is 27.2 Å². The van der Waals surface area contributed by atoms with Crippen LogP contribution in [0.3, 0.4) is 0 Å².